The Morgan fingerprint density at radius 3 is 2.86 bits per heavy atom. The predicted octanol–water partition coefficient (Wildman–Crippen LogP) is 2.67. The number of rotatable bonds is 5. The molecule has 5 nitrogen and oxygen atoms in total. The SMILES string of the molecule is O=C(NCCCN1CCCCC1)c1cc(Cl)c2c(c1)OCO2. The van der Waals surface area contributed by atoms with Crippen LogP contribution in [0.5, 0.6) is 11.5 Å². The summed E-state index contributed by atoms with van der Waals surface area (Å²) in [6.07, 6.45) is 4.90. The number of nitrogens with zero attached hydrogens (tertiary/aromatic N) is 1. The number of nitrogens with one attached hydrogen (secondary N) is 1. The second kappa shape index (κ2) is 7.20. The highest BCUT2D eigenvalue weighted by molar-refractivity contribution is 6.32. The molecule has 0 saturated carbocycles. The maximum Gasteiger partial charge on any atom is 0.251 e. The number of hydrogen-bond donors (Lipinski definition) is 1. The molecule has 0 aromatic heterocycles. The monoisotopic (exact) mass is 324 g/mol. The first-order valence-electron chi connectivity index (χ1n) is 7.84. The lowest BCUT2D eigenvalue weighted by molar-refractivity contribution is 0.0950. The lowest BCUT2D eigenvalue weighted by Crippen LogP contribution is -2.33. The minimum Gasteiger partial charge on any atom is -0.454 e. The molecule has 0 unspecified atom stereocenters. The van der Waals surface area contributed by atoms with Crippen molar-refractivity contribution in [2.45, 2.75) is 25.7 Å². The first kappa shape index (κ1) is 15.4. The van der Waals surface area contributed by atoms with Crippen LogP contribution in [0, 0.1) is 0 Å². The third-order valence-electron chi connectivity index (χ3n) is 4.07. The van der Waals surface area contributed by atoms with Crippen molar-refractivity contribution in [2.75, 3.05) is 33.0 Å². The standard InChI is InChI=1S/C16H21ClN2O3/c17-13-9-12(10-14-15(13)22-11-21-14)16(20)18-5-4-8-19-6-2-1-3-7-19/h9-10H,1-8,11H2,(H,18,20). The third kappa shape index (κ3) is 3.65. The number of fused-ring (bicyclic) bond motifs is 1. The van der Waals surface area contributed by atoms with Crippen LogP contribution >= 0.6 is 11.6 Å². The van der Waals surface area contributed by atoms with Gasteiger partial charge in [0.15, 0.2) is 11.5 Å². The van der Waals surface area contributed by atoms with Crippen molar-refractivity contribution in [3.63, 3.8) is 0 Å². The Morgan fingerprint density at radius 1 is 1.23 bits per heavy atom. The number of amides is 1. The van der Waals surface area contributed by atoms with Crippen LogP contribution in [-0.4, -0.2) is 43.8 Å². The summed E-state index contributed by atoms with van der Waals surface area (Å²) in [4.78, 5) is 14.6. The molecule has 120 valence electrons. The van der Waals surface area contributed by atoms with Gasteiger partial charge in [0, 0.05) is 12.1 Å². The van der Waals surface area contributed by atoms with E-state index in [1.165, 1.54) is 32.4 Å². The first-order valence-corrected chi connectivity index (χ1v) is 8.21. The normalized spacial score (nSPS) is 17.5. The van der Waals surface area contributed by atoms with Gasteiger partial charge in [-0.25, -0.2) is 0 Å². The molecular weight excluding hydrogens is 304 g/mol. The van der Waals surface area contributed by atoms with Crippen LogP contribution in [0.25, 0.3) is 0 Å². The lowest BCUT2D eigenvalue weighted by atomic mass is 10.1. The summed E-state index contributed by atoms with van der Waals surface area (Å²) in [7, 11) is 0. The smallest absolute Gasteiger partial charge is 0.251 e. The molecule has 1 saturated heterocycles. The van der Waals surface area contributed by atoms with Gasteiger partial charge < -0.3 is 19.7 Å². The molecule has 1 aromatic rings. The molecule has 0 spiro atoms. The summed E-state index contributed by atoms with van der Waals surface area (Å²) in [6.45, 7) is 4.23. The number of ether oxygens (including phenoxy) is 2. The summed E-state index contributed by atoms with van der Waals surface area (Å²) in [6, 6.07) is 3.29. The molecule has 2 aliphatic heterocycles. The minimum absolute atomic E-state index is 0.126. The van der Waals surface area contributed by atoms with Crippen molar-refractivity contribution in [3.8, 4) is 11.5 Å². The van der Waals surface area contributed by atoms with Crippen molar-refractivity contribution in [2.24, 2.45) is 0 Å². The van der Waals surface area contributed by atoms with Crippen molar-refractivity contribution in [3.05, 3.63) is 22.7 Å². The molecule has 2 heterocycles. The zero-order valence-corrected chi connectivity index (χ0v) is 13.3. The van der Waals surface area contributed by atoms with Crippen LogP contribution in [-0.2, 0) is 0 Å². The van der Waals surface area contributed by atoms with Gasteiger partial charge in [-0.3, -0.25) is 4.79 Å². The van der Waals surface area contributed by atoms with Crippen LogP contribution in [0.15, 0.2) is 12.1 Å². The van der Waals surface area contributed by atoms with E-state index < -0.39 is 0 Å². The van der Waals surface area contributed by atoms with Crippen molar-refractivity contribution in [1.82, 2.24) is 10.2 Å². The van der Waals surface area contributed by atoms with E-state index in [2.05, 4.69) is 10.2 Å². The molecule has 3 rings (SSSR count). The Kier molecular flexibility index (Phi) is 5.05. The van der Waals surface area contributed by atoms with E-state index in [-0.39, 0.29) is 12.7 Å². The van der Waals surface area contributed by atoms with Gasteiger partial charge in [-0.2, -0.15) is 0 Å². The highest BCUT2D eigenvalue weighted by Gasteiger charge is 2.20. The fraction of sp³-hybridized carbons (Fsp3) is 0.562. The molecule has 0 radical (unpaired) electrons. The van der Waals surface area contributed by atoms with Gasteiger partial charge >= 0.3 is 0 Å². The van der Waals surface area contributed by atoms with E-state index in [0.29, 0.717) is 28.6 Å². The van der Waals surface area contributed by atoms with E-state index in [0.717, 1.165) is 13.0 Å². The lowest BCUT2D eigenvalue weighted by Gasteiger charge is -2.26. The van der Waals surface area contributed by atoms with E-state index in [1.807, 2.05) is 0 Å². The first-order chi connectivity index (χ1) is 10.7. The van der Waals surface area contributed by atoms with Crippen LogP contribution in [0.2, 0.25) is 5.02 Å². The number of hydrogen-bond acceptors (Lipinski definition) is 4. The topological polar surface area (TPSA) is 50.8 Å². The molecule has 6 heteroatoms. The van der Waals surface area contributed by atoms with Crippen LogP contribution in [0.1, 0.15) is 36.0 Å². The average molecular weight is 325 g/mol. The molecule has 0 atom stereocenters. The number of benzene rings is 1. The number of halogens is 1. The molecule has 1 aromatic carbocycles. The van der Waals surface area contributed by atoms with E-state index >= 15 is 0 Å². The largest absolute Gasteiger partial charge is 0.454 e. The van der Waals surface area contributed by atoms with Gasteiger partial charge in [0.2, 0.25) is 6.79 Å². The molecule has 0 aliphatic carbocycles. The Balaban J connectivity index is 1.47. The Bertz CT molecular complexity index is 544. The van der Waals surface area contributed by atoms with Gasteiger partial charge in [-0.05, 0) is 51.0 Å². The summed E-state index contributed by atoms with van der Waals surface area (Å²) >= 11 is 6.09. The van der Waals surface area contributed by atoms with Crippen LogP contribution in [0.3, 0.4) is 0 Å². The average Bonchev–Trinajstić information content (AvgIpc) is 3.01. The minimum atomic E-state index is -0.126. The Labute approximate surface area is 135 Å². The van der Waals surface area contributed by atoms with Crippen molar-refractivity contribution >= 4 is 17.5 Å². The molecule has 1 N–H and O–H groups in total. The van der Waals surface area contributed by atoms with Gasteiger partial charge in [-0.15, -0.1) is 0 Å². The summed E-state index contributed by atoms with van der Waals surface area (Å²) in [5.41, 5.74) is 0.507. The zero-order chi connectivity index (χ0) is 15.4. The molecule has 2 aliphatic rings. The highest BCUT2D eigenvalue weighted by atomic mass is 35.5. The molecule has 0 bridgehead atoms. The number of likely N-dealkylation sites (tertiary alicyclic amines) is 1. The fourth-order valence-corrected chi connectivity index (χ4v) is 3.15. The molecule has 22 heavy (non-hydrogen) atoms. The van der Waals surface area contributed by atoms with Gasteiger partial charge in [0.25, 0.3) is 5.91 Å². The van der Waals surface area contributed by atoms with Gasteiger partial charge in [0.05, 0.1) is 5.02 Å². The number of piperidine rings is 1. The Morgan fingerprint density at radius 2 is 2.05 bits per heavy atom. The fourth-order valence-electron chi connectivity index (χ4n) is 2.89. The highest BCUT2D eigenvalue weighted by Crippen LogP contribution is 2.39. The number of carbonyl (C=O) groups excluding carboxylic acids is 1. The second-order valence-corrected chi connectivity index (χ2v) is 6.11. The van der Waals surface area contributed by atoms with Crippen LogP contribution in [0.4, 0.5) is 0 Å². The zero-order valence-electron chi connectivity index (χ0n) is 12.6. The van der Waals surface area contributed by atoms with E-state index in [9.17, 15) is 4.79 Å². The second-order valence-electron chi connectivity index (χ2n) is 5.70. The van der Waals surface area contributed by atoms with Crippen LogP contribution < -0.4 is 14.8 Å². The van der Waals surface area contributed by atoms with Crippen molar-refractivity contribution < 1.29 is 14.3 Å². The van der Waals surface area contributed by atoms with E-state index in [1.54, 1.807) is 12.1 Å². The van der Waals surface area contributed by atoms with Gasteiger partial charge in [-0.1, -0.05) is 18.0 Å². The van der Waals surface area contributed by atoms with Crippen molar-refractivity contribution in [1.29, 1.82) is 0 Å². The predicted molar refractivity (Wildman–Crippen MR) is 84.8 cm³/mol. The summed E-state index contributed by atoms with van der Waals surface area (Å²) < 4.78 is 10.5. The quantitative estimate of drug-likeness (QED) is 0.846. The molecule has 1 amide bonds. The number of carbonyl (C=O) groups is 1. The maximum absolute atomic E-state index is 12.2. The van der Waals surface area contributed by atoms with Gasteiger partial charge in [0.1, 0.15) is 0 Å². The Hall–Kier alpha value is -1.46. The molecule has 1 fully saturated rings. The summed E-state index contributed by atoms with van der Waals surface area (Å²) in [5, 5.41) is 3.35. The molecular formula is C16H21ClN2O3. The summed E-state index contributed by atoms with van der Waals surface area (Å²) in [5.74, 6) is 0.924. The third-order valence-corrected chi connectivity index (χ3v) is 4.36. The van der Waals surface area contributed by atoms with E-state index in [4.69, 9.17) is 21.1 Å². The maximum atomic E-state index is 12.2.